The summed E-state index contributed by atoms with van der Waals surface area (Å²) < 4.78 is 0. The molecular formula is C19H19N3O2. The van der Waals surface area contributed by atoms with Crippen LogP contribution in [0.25, 0.3) is 0 Å². The number of nitrogens with one attached hydrogen (secondary N) is 2. The molecule has 0 saturated heterocycles. The fourth-order valence-electron chi connectivity index (χ4n) is 2.25. The molecule has 0 aliphatic heterocycles. The summed E-state index contributed by atoms with van der Waals surface area (Å²) in [5, 5.41) is 6.83. The molecule has 1 aliphatic carbocycles. The number of hydrogen-bond acceptors (Lipinski definition) is 3. The topological polar surface area (TPSA) is 70.6 Å². The van der Waals surface area contributed by atoms with Crippen molar-refractivity contribution in [3.8, 4) is 0 Å². The van der Waals surface area contributed by atoms with Gasteiger partial charge in [0.1, 0.15) is 0 Å². The number of amides is 2. The van der Waals surface area contributed by atoms with Gasteiger partial charge in [-0.15, -0.1) is 0 Å². The second-order valence-electron chi connectivity index (χ2n) is 5.90. The van der Waals surface area contributed by atoms with E-state index in [1.54, 1.807) is 30.5 Å². The van der Waals surface area contributed by atoms with Crippen molar-refractivity contribution in [3.63, 3.8) is 0 Å². The number of aryl methyl sites for hydroxylation is 1. The molecule has 1 saturated carbocycles. The van der Waals surface area contributed by atoms with Gasteiger partial charge < -0.3 is 5.32 Å². The fourth-order valence-corrected chi connectivity index (χ4v) is 2.25. The van der Waals surface area contributed by atoms with Gasteiger partial charge in [-0.25, -0.2) is 5.43 Å². The average molecular weight is 321 g/mol. The van der Waals surface area contributed by atoms with Crippen LogP contribution >= 0.6 is 0 Å². The number of nitrogens with zero attached hydrogens (tertiary/aromatic N) is 1. The zero-order valence-corrected chi connectivity index (χ0v) is 13.5. The van der Waals surface area contributed by atoms with Gasteiger partial charge in [0.25, 0.3) is 5.91 Å². The molecule has 2 N–H and O–H groups in total. The van der Waals surface area contributed by atoms with Crippen molar-refractivity contribution in [2.45, 2.75) is 19.8 Å². The maximum Gasteiger partial charge on any atom is 0.271 e. The Kier molecular flexibility index (Phi) is 4.70. The summed E-state index contributed by atoms with van der Waals surface area (Å²) >= 11 is 0. The van der Waals surface area contributed by atoms with Crippen LogP contribution in [0.3, 0.4) is 0 Å². The molecule has 2 amide bonds. The minimum Gasteiger partial charge on any atom is -0.326 e. The summed E-state index contributed by atoms with van der Waals surface area (Å²) in [7, 11) is 0. The van der Waals surface area contributed by atoms with Crippen LogP contribution in [0.5, 0.6) is 0 Å². The van der Waals surface area contributed by atoms with E-state index in [1.165, 1.54) is 0 Å². The highest BCUT2D eigenvalue weighted by molar-refractivity contribution is 5.97. The highest BCUT2D eigenvalue weighted by Crippen LogP contribution is 2.30. The Balaban J connectivity index is 1.56. The van der Waals surface area contributed by atoms with Gasteiger partial charge in [-0.3, -0.25) is 9.59 Å². The molecule has 0 aromatic heterocycles. The summed E-state index contributed by atoms with van der Waals surface area (Å²) in [5.41, 5.74) is 5.74. The van der Waals surface area contributed by atoms with Crippen molar-refractivity contribution in [1.29, 1.82) is 0 Å². The van der Waals surface area contributed by atoms with E-state index in [4.69, 9.17) is 0 Å². The Hall–Kier alpha value is -2.95. The highest BCUT2D eigenvalue weighted by Gasteiger charge is 2.29. The van der Waals surface area contributed by atoms with E-state index in [0.29, 0.717) is 11.3 Å². The van der Waals surface area contributed by atoms with E-state index in [-0.39, 0.29) is 17.7 Å². The number of anilines is 1. The van der Waals surface area contributed by atoms with Crippen LogP contribution in [0.1, 0.15) is 34.3 Å². The Labute approximate surface area is 140 Å². The smallest absolute Gasteiger partial charge is 0.271 e. The minimum atomic E-state index is -0.292. The van der Waals surface area contributed by atoms with Crippen molar-refractivity contribution >= 4 is 23.7 Å². The largest absolute Gasteiger partial charge is 0.326 e. The Bertz CT molecular complexity index is 777. The van der Waals surface area contributed by atoms with Crippen LogP contribution in [0.4, 0.5) is 5.69 Å². The van der Waals surface area contributed by atoms with Crippen molar-refractivity contribution in [2.75, 3.05) is 5.32 Å². The zero-order valence-electron chi connectivity index (χ0n) is 13.5. The van der Waals surface area contributed by atoms with Gasteiger partial charge in [0.2, 0.25) is 5.91 Å². The van der Waals surface area contributed by atoms with E-state index in [9.17, 15) is 9.59 Å². The van der Waals surface area contributed by atoms with Crippen LogP contribution in [-0.4, -0.2) is 18.0 Å². The van der Waals surface area contributed by atoms with Gasteiger partial charge in [-0.2, -0.15) is 5.10 Å². The first-order valence-corrected chi connectivity index (χ1v) is 7.93. The quantitative estimate of drug-likeness (QED) is 0.656. The maximum atomic E-state index is 12.1. The molecule has 122 valence electrons. The van der Waals surface area contributed by atoms with Crippen LogP contribution in [0.2, 0.25) is 0 Å². The third kappa shape index (κ3) is 4.07. The standard InChI is InChI=1S/C19H19N3O2/c1-13-4-2-3-5-16(13)12-20-22-19(24)15-8-10-17(11-9-15)21-18(23)14-6-7-14/h2-5,8-12,14H,6-7H2,1H3,(H,21,23)(H,22,24)/b20-12+. The van der Waals surface area contributed by atoms with Gasteiger partial charge >= 0.3 is 0 Å². The summed E-state index contributed by atoms with van der Waals surface area (Å²) in [5.74, 6) is -0.0845. The summed E-state index contributed by atoms with van der Waals surface area (Å²) in [4.78, 5) is 23.7. The lowest BCUT2D eigenvalue weighted by atomic mass is 10.1. The lowest BCUT2D eigenvalue weighted by molar-refractivity contribution is -0.117. The Morgan fingerprint density at radius 1 is 1.08 bits per heavy atom. The van der Waals surface area contributed by atoms with Crippen molar-refractivity contribution in [1.82, 2.24) is 5.43 Å². The minimum absolute atomic E-state index is 0.0510. The molecule has 0 radical (unpaired) electrons. The first-order chi connectivity index (χ1) is 11.6. The van der Waals surface area contributed by atoms with Crippen molar-refractivity contribution < 1.29 is 9.59 Å². The number of rotatable bonds is 5. The second-order valence-corrected chi connectivity index (χ2v) is 5.90. The molecule has 2 aromatic rings. The molecule has 24 heavy (non-hydrogen) atoms. The fraction of sp³-hybridized carbons (Fsp3) is 0.211. The van der Waals surface area contributed by atoms with Gasteiger partial charge in [-0.1, -0.05) is 24.3 Å². The highest BCUT2D eigenvalue weighted by atomic mass is 16.2. The molecule has 0 spiro atoms. The van der Waals surface area contributed by atoms with Gasteiger partial charge in [0, 0.05) is 17.2 Å². The Morgan fingerprint density at radius 3 is 2.46 bits per heavy atom. The molecule has 5 nitrogen and oxygen atoms in total. The number of benzene rings is 2. The summed E-state index contributed by atoms with van der Waals surface area (Å²) in [6.07, 6.45) is 3.55. The molecule has 2 aromatic carbocycles. The predicted octanol–water partition coefficient (Wildman–Crippen LogP) is 3.11. The van der Waals surface area contributed by atoms with E-state index >= 15 is 0 Å². The first-order valence-electron chi connectivity index (χ1n) is 7.93. The van der Waals surface area contributed by atoms with Gasteiger partial charge in [0.15, 0.2) is 0 Å². The van der Waals surface area contributed by atoms with Crippen LogP contribution in [-0.2, 0) is 4.79 Å². The summed E-state index contributed by atoms with van der Waals surface area (Å²) in [6.45, 7) is 1.98. The normalized spacial score (nSPS) is 13.7. The first kappa shape index (κ1) is 15.9. The summed E-state index contributed by atoms with van der Waals surface area (Å²) in [6, 6.07) is 14.6. The lowest BCUT2D eigenvalue weighted by Crippen LogP contribution is -2.18. The van der Waals surface area contributed by atoms with Crippen LogP contribution in [0, 0.1) is 12.8 Å². The molecule has 0 unspecified atom stereocenters. The van der Waals surface area contributed by atoms with E-state index in [0.717, 1.165) is 24.0 Å². The average Bonchev–Trinajstić information content (AvgIpc) is 3.42. The lowest BCUT2D eigenvalue weighted by Gasteiger charge is -2.05. The Morgan fingerprint density at radius 2 is 1.79 bits per heavy atom. The SMILES string of the molecule is Cc1ccccc1/C=N/NC(=O)c1ccc(NC(=O)C2CC2)cc1. The zero-order chi connectivity index (χ0) is 16.9. The number of hydrazone groups is 1. The van der Waals surface area contributed by atoms with E-state index in [2.05, 4.69) is 15.8 Å². The van der Waals surface area contributed by atoms with Crippen molar-refractivity contribution in [3.05, 3.63) is 65.2 Å². The maximum absolute atomic E-state index is 12.1. The number of carbonyl (C=O) groups is 2. The molecule has 5 heteroatoms. The number of hydrogen-bond donors (Lipinski definition) is 2. The molecule has 0 atom stereocenters. The molecule has 1 fully saturated rings. The molecule has 1 aliphatic rings. The van der Waals surface area contributed by atoms with E-state index in [1.807, 2.05) is 31.2 Å². The second kappa shape index (κ2) is 7.08. The predicted molar refractivity (Wildman–Crippen MR) is 94.0 cm³/mol. The van der Waals surface area contributed by atoms with Gasteiger partial charge in [0.05, 0.1) is 6.21 Å². The van der Waals surface area contributed by atoms with Crippen molar-refractivity contribution in [2.24, 2.45) is 11.0 Å². The monoisotopic (exact) mass is 321 g/mol. The molecule has 0 heterocycles. The number of carbonyl (C=O) groups excluding carboxylic acids is 2. The molecular weight excluding hydrogens is 302 g/mol. The molecule has 3 rings (SSSR count). The van der Waals surface area contributed by atoms with Gasteiger partial charge in [-0.05, 0) is 55.2 Å². The third-order valence-electron chi connectivity index (χ3n) is 3.92. The molecule has 0 bridgehead atoms. The van der Waals surface area contributed by atoms with Crippen LogP contribution in [0.15, 0.2) is 53.6 Å². The van der Waals surface area contributed by atoms with E-state index < -0.39 is 0 Å². The third-order valence-corrected chi connectivity index (χ3v) is 3.92. The van der Waals surface area contributed by atoms with Crippen LogP contribution < -0.4 is 10.7 Å².